The van der Waals surface area contributed by atoms with Crippen LogP contribution in [0, 0.1) is 11.8 Å². The molecule has 0 unspecified atom stereocenters. The number of hydrogen-bond donors (Lipinski definition) is 0. The van der Waals surface area contributed by atoms with Gasteiger partial charge in [-0.05, 0) is 46.2 Å². The Morgan fingerprint density at radius 1 is 1.18 bits per heavy atom. The topological polar surface area (TPSA) is 9.23 Å². The minimum atomic E-state index is 0.427. The molecule has 0 aliphatic carbocycles. The normalized spacial score (nSPS) is 12.2. The van der Waals surface area contributed by atoms with Gasteiger partial charge in [0.2, 0.25) is 0 Å². The maximum absolute atomic E-state index is 6.12. The molecule has 3 heteroatoms. The minimum absolute atomic E-state index is 0.427. The molecule has 0 fully saturated rings. The smallest absolute Gasteiger partial charge is 0.0727 e. The van der Waals surface area contributed by atoms with Crippen molar-refractivity contribution in [3.8, 4) is 0 Å². The second-order valence-electron chi connectivity index (χ2n) is 5.69. The predicted octanol–water partition coefficient (Wildman–Crippen LogP) is 2.72. The summed E-state index contributed by atoms with van der Waals surface area (Å²) in [5.41, 5.74) is 1.42. The van der Waals surface area contributed by atoms with Crippen molar-refractivity contribution in [3.63, 3.8) is 0 Å². The van der Waals surface area contributed by atoms with E-state index in [-0.39, 0.29) is 0 Å². The lowest BCUT2D eigenvalue weighted by molar-refractivity contribution is 0.0147. The monoisotopic (exact) mass is 270 g/mol. The number of ether oxygens (including phenoxy) is 1. The van der Waals surface area contributed by atoms with E-state index in [4.69, 9.17) is 4.74 Å². The fraction of sp³-hybridized carbons (Fsp3) is 0.714. The van der Waals surface area contributed by atoms with Crippen molar-refractivity contribution in [2.45, 2.75) is 53.2 Å². The molecule has 1 rings (SSSR count). The lowest BCUT2D eigenvalue weighted by Gasteiger charge is -2.21. The molecule has 0 radical (unpaired) electrons. The van der Waals surface area contributed by atoms with Crippen molar-refractivity contribution in [3.05, 3.63) is 17.0 Å². The van der Waals surface area contributed by atoms with Gasteiger partial charge in [-0.2, -0.15) is 11.3 Å². The van der Waals surface area contributed by atoms with Crippen LogP contribution in [0.15, 0.2) is 11.4 Å². The van der Waals surface area contributed by atoms with Crippen LogP contribution < -0.4 is 4.50 Å². The molecular formula is C14H26OSSi. The predicted molar refractivity (Wildman–Crippen MR) is 81.4 cm³/mol. The van der Waals surface area contributed by atoms with E-state index >= 15 is 0 Å². The quantitative estimate of drug-likeness (QED) is 0.692. The number of hydrogen-bond acceptors (Lipinski definition) is 2. The van der Waals surface area contributed by atoms with Crippen LogP contribution in [0.25, 0.3) is 0 Å². The van der Waals surface area contributed by atoms with E-state index in [9.17, 15) is 0 Å². The van der Waals surface area contributed by atoms with Crippen LogP contribution in [-0.2, 0) is 11.3 Å². The molecule has 0 saturated heterocycles. The van der Waals surface area contributed by atoms with E-state index in [1.54, 1.807) is 0 Å². The van der Waals surface area contributed by atoms with Crippen molar-refractivity contribution < 1.29 is 4.74 Å². The van der Waals surface area contributed by atoms with E-state index < -0.39 is 0 Å². The second-order valence-corrected chi connectivity index (χ2v) is 8.54. The molecule has 98 valence electrons. The van der Waals surface area contributed by atoms with E-state index in [1.807, 2.05) is 11.3 Å². The zero-order valence-corrected chi connectivity index (χ0v) is 14.6. The molecule has 0 spiro atoms. The van der Waals surface area contributed by atoms with Crippen molar-refractivity contribution in [1.82, 2.24) is 0 Å². The first-order valence-electron chi connectivity index (χ1n) is 6.63. The summed E-state index contributed by atoms with van der Waals surface area (Å²) in [6.45, 7) is 9.92. The number of thiophene rings is 1. The van der Waals surface area contributed by atoms with Gasteiger partial charge in [0, 0.05) is 0 Å². The van der Waals surface area contributed by atoms with Crippen molar-refractivity contribution in [2.24, 2.45) is 11.8 Å². The minimum Gasteiger partial charge on any atom is -0.374 e. The molecule has 0 amide bonds. The fourth-order valence-electron chi connectivity index (χ4n) is 2.05. The molecule has 17 heavy (non-hydrogen) atoms. The standard InChI is InChI=1S/C14H26OSSi/c1-10(2)7-13(8-11(3)4)15-9-12-5-6-16-14(12)17/h5-6,10-11,13H,7-9H2,1-4,17H3. The second kappa shape index (κ2) is 7.34. The van der Waals surface area contributed by atoms with Gasteiger partial charge in [0.1, 0.15) is 0 Å². The van der Waals surface area contributed by atoms with Gasteiger partial charge in [-0.1, -0.05) is 27.7 Å². The SMILES string of the molecule is CC(C)CC(CC(C)C)OCc1ccsc1[SiH3]. The van der Waals surface area contributed by atoms with Gasteiger partial charge in [0.05, 0.1) is 23.0 Å². The molecule has 0 aliphatic rings. The highest BCUT2D eigenvalue weighted by molar-refractivity contribution is 7.18. The van der Waals surface area contributed by atoms with Crippen molar-refractivity contribution in [1.29, 1.82) is 0 Å². The van der Waals surface area contributed by atoms with Gasteiger partial charge in [0.25, 0.3) is 0 Å². The molecule has 1 aromatic heterocycles. The molecule has 0 N–H and O–H groups in total. The Balaban J connectivity index is 2.45. The van der Waals surface area contributed by atoms with Crippen molar-refractivity contribution >= 4 is 26.1 Å². The zero-order chi connectivity index (χ0) is 12.8. The van der Waals surface area contributed by atoms with Gasteiger partial charge in [0.15, 0.2) is 0 Å². The van der Waals surface area contributed by atoms with Crippen LogP contribution >= 0.6 is 11.3 Å². The van der Waals surface area contributed by atoms with Crippen LogP contribution in [0.5, 0.6) is 0 Å². The molecule has 1 nitrogen and oxygen atoms in total. The van der Waals surface area contributed by atoms with Crippen LogP contribution in [0.3, 0.4) is 0 Å². The number of rotatable bonds is 7. The maximum Gasteiger partial charge on any atom is 0.0727 e. The average Bonchev–Trinajstić information content (AvgIpc) is 2.59. The summed E-state index contributed by atoms with van der Waals surface area (Å²) in [5, 5.41) is 2.18. The summed E-state index contributed by atoms with van der Waals surface area (Å²) < 4.78 is 7.64. The summed E-state index contributed by atoms with van der Waals surface area (Å²) in [6.07, 6.45) is 2.79. The largest absolute Gasteiger partial charge is 0.374 e. The van der Waals surface area contributed by atoms with Gasteiger partial charge in [-0.25, -0.2) is 0 Å². The Labute approximate surface area is 113 Å². The highest BCUT2D eigenvalue weighted by Gasteiger charge is 2.14. The maximum atomic E-state index is 6.12. The van der Waals surface area contributed by atoms with Crippen LogP contribution in [0.4, 0.5) is 0 Å². The Morgan fingerprint density at radius 2 is 1.76 bits per heavy atom. The van der Waals surface area contributed by atoms with Crippen LogP contribution in [-0.4, -0.2) is 16.3 Å². The Hall–Kier alpha value is -0.123. The third-order valence-electron chi connectivity index (χ3n) is 2.91. The third-order valence-corrected chi connectivity index (χ3v) is 5.15. The summed E-state index contributed by atoms with van der Waals surface area (Å²) in [7, 11) is 1.14. The third kappa shape index (κ3) is 5.84. The molecule has 1 aromatic rings. The average molecular weight is 271 g/mol. The van der Waals surface area contributed by atoms with E-state index in [0.717, 1.165) is 28.7 Å². The summed E-state index contributed by atoms with van der Waals surface area (Å²) in [4.78, 5) is 0. The van der Waals surface area contributed by atoms with Gasteiger partial charge >= 0.3 is 0 Å². The van der Waals surface area contributed by atoms with Gasteiger partial charge in [-0.15, -0.1) is 0 Å². The highest BCUT2D eigenvalue weighted by atomic mass is 32.1. The van der Waals surface area contributed by atoms with Gasteiger partial charge in [-0.3, -0.25) is 0 Å². The highest BCUT2D eigenvalue weighted by Crippen LogP contribution is 2.18. The first-order chi connectivity index (χ1) is 7.99. The van der Waals surface area contributed by atoms with E-state index in [0.29, 0.717) is 6.10 Å². The van der Waals surface area contributed by atoms with E-state index in [1.165, 1.54) is 22.9 Å². The molecule has 0 saturated carbocycles. The Kier molecular flexibility index (Phi) is 6.45. The summed E-state index contributed by atoms with van der Waals surface area (Å²) in [6, 6.07) is 2.22. The molecular weight excluding hydrogens is 244 g/mol. The summed E-state index contributed by atoms with van der Waals surface area (Å²) in [5.74, 6) is 1.44. The summed E-state index contributed by atoms with van der Waals surface area (Å²) >= 11 is 1.87. The fourth-order valence-corrected chi connectivity index (χ4v) is 3.49. The van der Waals surface area contributed by atoms with Crippen LogP contribution in [0.2, 0.25) is 0 Å². The lowest BCUT2D eigenvalue weighted by Crippen LogP contribution is -2.19. The zero-order valence-electron chi connectivity index (χ0n) is 11.8. The van der Waals surface area contributed by atoms with Gasteiger partial charge < -0.3 is 4.74 Å². The molecule has 0 bridgehead atoms. The molecule has 0 aliphatic heterocycles. The van der Waals surface area contributed by atoms with E-state index in [2.05, 4.69) is 39.1 Å². The Bertz CT molecular complexity index is 310. The molecule has 1 heterocycles. The van der Waals surface area contributed by atoms with Crippen LogP contribution in [0.1, 0.15) is 46.1 Å². The Morgan fingerprint density at radius 3 is 2.18 bits per heavy atom. The molecule has 0 atom stereocenters. The lowest BCUT2D eigenvalue weighted by atomic mass is 9.98. The first kappa shape index (κ1) is 14.9. The molecule has 0 aromatic carbocycles. The first-order valence-corrected chi connectivity index (χ1v) is 8.51. The van der Waals surface area contributed by atoms with Crippen molar-refractivity contribution in [2.75, 3.05) is 0 Å².